The molecule has 0 N–H and O–H groups in total. The smallest absolute Gasteiger partial charge is 0.0896 e. The van der Waals surface area contributed by atoms with Crippen LogP contribution in [0.2, 0.25) is 0 Å². The summed E-state index contributed by atoms with van der Waals surface area (Å²) >= 11 is 0. The molecule has 1 aromatic carbocycles. The van der Waals surface area contributed by atoms with Gasteiger partial charge >= 0.3 is 0 Å². The lowest BCUT2D eigenvalue weighted by Gasteiger charge is -2.31. The van der Waals surface area contributed by atoms with Gasteiger partial charge in [0.1, 0.15) is 0 Å². The van der Waals surface area contributed by atoms with Crippen molar-refractivity contribution in [2.24, 2.45) is 0 Å². The van der Waals surface area contributed by atoms with Gasteiger partial charge < -0.3 is 4.48 Å². The Labute approximate surface area is 81.6 Å². The lowest BCUT2D eigenvalue weighted by molar-refractivity contribution is -0.893. The van der Waals surface area contributed by atoms with Crippen LogP contribution in [0.3, 0.4) is 0 Å². The number of rotatable bonds is 3. The maximum atomic E-state index is 2.30. The molecule has 0 saturated carbocycles. The van der Waals surface area contributed by atoms with Crippen LogP contribution in [0, 0.1) is 0 Å². The fraction of sp³-hybridized carbons (Fsp3) is 0.500. The van der Waals surface area contributed by atoms with Crippen LogP contribution in [-0.4, -0.2) is 31.7 Å². The highest BCUT2D eigenvalue weighted by Gasteiger charge is 2.17. The summed E-state index contributed by atoms with van der Waals surface area (Å²) in [4.78, 5) is 0. The number of benzene rings is 1. The zero-order chi connectivity index (χ0) is 9.90. The van der Waals surface area contributed by atoms with E-state index in [2.05, 4.69) is 58.4 Å². The van der Waals surface area contributed by atoms with Crippen LogP contribution in [-0.2, 0) is 6.42 Å². The van der Waals surface area contributed by atoms with Gasteiger partial charge in [0.15, 0.2) is 0 Å². The fourth-order valence-corrected chi connectivity index (χ4v) is 1.23. The average Bonchev–Trinajstić information content (AvgIpc) is 2.04. The summed E-state index contributed by atoms with van der Waals surface area (Å²) in [6.07, 6.45) is 1.16. The molecule has 1 heteroatoms. The molecule has 0 aliphatic heterocycles. The molecule has 0 bridgehead atoms. The molecule has 1 nitrogen and oxygen atoms in total. The molecule has 72 valence electrons. The van der Waals surface area contributed by atoms with Crippen molar-refractivity contribution in [2.75, 3.05) is 21.1 Å². The maximum Gasteiger partial charge on any atom is 0.0896 e. The number of nitrogens with zero attached hydrogens (tertiary/aromatic N) is 1. The summed E-state index contributed by atoms with van der Waals surface area (Å²) in [5.41, 5.74) is 1.43. The van der Waals surface area contributed by atoms with E-state index in [1.165, 1.54) is 5.56 Å². The molecule has 0 aliphatic rings. The molecular formula is C12H20N+. The second-order valence-electron chi connectivity index (χ2n) is 4.65. The van der Waals surface area contributed by atoms with Crippen molar-refractivity contribution >= 4 is 0 Å². The monoisotopic (exact) mass is 178 g/mol. The third kappa shape index (κ3) is 3.19. The molecule has 0 amide bonds. The Bertz CT molecular complexity index is 246. The second kappa shape index (κ2) is 3.93. The molecule has 0 radical (unpaired) electrons. The maximum absolute atomic E-state index is 2.30. The van der Waals surface area contributed by atoms with E-state index < -0.39 is 0 Å². The minimum Gasteiger partial charge on any atom is -0.328 e. The summed E-state index contributed by atoms with van der Waals surface area (Å²) in [6.45, 7) is 2.30. The molecule has 0 spiro atoms. The van der Waals surface area contributed by atoms with Crippen molar-refractivity contribution in [1.82, 2.24) is 0 Å². The number of hydrogen-bond acceptors (Lipinski definition) is 0. The van der Waals surface area contributed by atoms with Gasteiger partial charge in [0, 0.05) is 6.42 Å². The predicted octanol–water partition coefficient (Wildman–Crippen LogP) is 2.32. The third-order valence-corrected chi connectivity index (χ3v) is 2.70. The molecule has 1 atom stereocenters. The molecule has 1 rings (SSSR count). The summed E-state index contributed by atoms with van der Waals surface area (Å²) in [5.74, 6) is 0. The van der Waals surface area contributed by atoms with E-state index >= 15 is 0 Å². The van der Waals surface area contributed by atoms with Gasteiger partial charge in [-0.1, -0.05) is 30.3 Å². The van der Waals surface area contributed by atoms with E-state index in [0.717, 1.165) is 10.9 Å². The predicted molar refractivity (Wildman–Crippen MR) is 57.6 cm³/mol. The van der Waals surface area contributed by atoms with Crippen LogP contribution in [0.5, 0.6) is 0 Å². The Hall–Kier alpha value is -0.820. The number of quaternary nitrogens is 1. The van der Waals surface area contributed by atoms with Gasteiger partial charge in [0.25, 0.3) is 0 Å². The summed E-state index contributed by atoms with van der Waals surface area (Å²) in [5, 5.41) is 0. The molecule has 0 aliphatic carbocycles. The largest absolute Gasteiger partial charge is 0.328 e. The van der Waals surface area contributed by atoms with E-state index in [4.69, 9.17) is 0 Å². The van der Waals surface area contributed by atoms with Crippen LogP contribution in [0.15, 0.2) is 30.3 Å². The first-order valence-electron chi connectivity index (χ1n) is 4.85. The molecule has 0 fully saturated rings. The SMILES string of the molecule is C[C@@H](Cc1ccccc1)[N+](C)(C)C. The average molecular weight is 178 g/mol. The highest BCUT2D eigenvalue weighted by molar-refractivity contribution is 5.15. The van der Waals surface area contributed by atoms with Crippen LogP contribution in [0.4, 0.5) is 0 Å². The van der Waals surface area contributed by atoms with Crippen molar-refractivity contribution < 1.29 is 4.48 Å². The minimum absolute atomic E-state index is 0.669. The van der Waals surface area contributed by atoms with Crippen molar-refractivity contribution in [3.8, 4) is 0 Å². The number of hydrogen-bond donors (Lipinski definition) is 0. The van der Waals surface area contributed by atoms with E-state index in [1.54, 1.807) is 0 Å². The van der Waals surface area contributed by atoms with Gasteiger partial charge in [-0.25, -0.2) is 0 Å². The van der Waals surface area contributed by atoms with E-state index in [1.807, 2.05) is 0 Å². The Kier molecular flexibility index (Phi) is 3.10. The van der Waals surface area contributed by atoms with Crippen LogP contribution in [0.1, 0.15) is 12.5 Å². The third-order valence-electron chi connectivity index (χ3n) is 2.70. The zero-order valence-electron chi connectivity index (χ0n) is 9.12. The molecule has 0 unspecified atom stereocenters. The molecule has 0 aromatic heterocycles. The van der Waals surface area contributed by atoms with Crippen molar-refractivity contribution in [3.63, 3.8) is 0 Å². The van der Waals surface area contributed by atoms with Gasteiger partial charge in [0.2, 0.25) is 0 Å². The first-order chi connectivity index (χ1) is 6.00. The topological polar surface area (TPSA) is 0 Å². The summed E-state index contributed by atoms with van der Waals surface area (Å²) in [7, 11) is 6.73. The summed E-state index contributed by atoms with van der Waals surface area (Å²) in [6, 6.07) is 11.4. The first-order valence-corrected chi connectivity index (χ1v) is 4.85. The van der Waals surface area contributed by atoms with Gasteiger partial charge in [-0.15, -0.1) is 0 Å². The van der Waals surface area contributed by atoms with Crippen LogP contribution >= 0.6 is 0 Å². The molecule has 13 heavy (non-hydrogen) atoms. The lowest BCUT2D eigenvalue weighted by atomic mass is 10.1. The Morgan fingerprint density at radius 3 is 2.08 bits per heavy atom. The Morgan fingerprint density at radius 1 is 1.08 bits per heavy atom. The van der Waals surface area contributed by atoms with Gasteiger partial charge in [-0.2, -0.15) is 0 Å². The molecular weight excluding hydrogens is 158 g/mol. The first kappa shape index (κ1) is 10.3. The highest BCUT2D eigenvalue weighted by atomic mass is 15.3. The van der Waals surface area contributed by atoms with Crippen LogP contribution in [0.25, 0.3) is 0 Å². The zero-order valence-corrected chi connectivity index (χ0v) is 9.12. The van der Waals surface area contributed by atoms with Crippen LogP contribution < -0.4 is 0 Å². The van der Waals surface area contributed by atoms with Crippen molar-refractivity contribution in [2.45, 2.75) is 19.4 Å². The van der Waals surface area contributed by atoms with E-state index in [0.29, 0.717) is 6.04 Å². The standard InChI is InChI=1S/C12H20N/c1-11(13(2,3)4)10-12-8-6-5-7-9-12/h5-9,11H,10H2,1-4H3/q+1/t11-/m0/s1. The Balaban J connectivity index is 2.61. The van der Waals surface area contributed by atoms with Gasteiger partial charge in [0.05, 0.1) is 27.2 Å². The second-order valence-corrected chi connectivity index (χ2v) is 4.65. The van der Waals surface area contributed by atoms with E-state index in [9.17, 15) is 0 Å². The molecule has 0 heterocycles. The molecule has 1 aromatic rings. The van der Waals surface area contributed by atoms with Crippen molar-refractivity contribution in [1.29, 1.82) is 0 Å². The normalized spacial score (nSPS) is 14.2. The molecule has 0 saturated heterocycles. The van der Waals surface area contributed by atoms with Gasteiger partial charge in [-0.3, -0.25) is 0 Å². The minimum atomic E-state index is 0.669. The summed E-state index contributed by atoms with van der Waals surface area (Å²) < 4.78 is 1.02. The number of likely N-dealkylation sites (N-methyl/N-ethyl adjacent to an activating group) is 1. The highest BCUT2D eigenvalue weighted by Crippen LogP contribution is 2.10. The quantitative estimate of drug-likeness (QED) is 0.623. The fourth-order valence-electron chi connectivity index (χ4n) is 1.23. The lowest BCUT2D eigenvalue weighted by Crippen LogP contribution is -2.44. The van der Waals surface area contributed by atoms with E-state index in [-0.39, 0.29) is 0 Å². The van der Waals surface area contributed by atoms with Gasteiger partial charge in [-0.05, 0) is 12.5 Å². The van der Waals surface area contributed by atoms with Crippen molar-refractivity contribution in [3.05, 3.63) is 35.9 Å². The Morgan fingerprint density at radius 2 is 1.62 bits per heavy atom.